The van der Waals surface area contributed by atoms with Crippen molar-refractivity contribution in [3.05, 3.63) is 40.9 Å². The highest BCUT2D eigenvalue weighted by Crippen LogP contribution is 2.19. The summed E-state index contributed by atoms with van der Waals surface area (Å²) in [6.45, 7) is 1.92. The van der Waals surface area contributed by atoms with Gasteiger partial charge >= 0.3 is 0 Å². The highest BCUT2D eigenvalue weighted by atomic mass is 32.1. The van der Waals surface area contributed by atoms with Crippen LogP contribution in [0.5, 0.6) is 0 Å². The fraction of sp³-hybridized carbons (Fsp3) is 0.167. The van der Waals surface area contributed by atoms with Gasteiger partial charge in [-0.3, -0.25) is 4.79 Å². The smallest absolute Gasteiger partial charge is 0.230 e. The zero-order valence-electron chi connectivity index (χ0n) is 9.43. The summed E-state index contributed by atoms with van der Waals surface area (Å²) < 4.78 is 0. The van der Waals surface area contributed by atoms with Crippen LogP contribution in [0.1, 0.15) is 10.6 Å². The van der Waals surface area contributed by atoms with Crippen molar-refractivity contribution >= 4 is 28.1 Å². The molecule has 1 amide bonds. The number of nitrogens with one attached hydrogen (secondary N) is 1. The molecule has 88 valence electrons. The molecule has 0 bridgehead atoms. The van der Waals surface area contributed by atoms with E-state index in [0.717, 1.165) is 16.3 Å². The third kappa shape index (κ3) is 3.04. The van der Waals surface area contributed by atoms with E-state index in [4.69, 9.17) is 5.73 Å². The first-order valence-electron chi connectivity index (χ1n) is 5.22. The average molecular weight is 247 g/mol. The van der Waals surface area contributed by atoms with Gasteiger partial charge in [0.2, 0.25) is 5.91 Å². The van der Waals surface area contributed by atoms with E-state index >= 15 is 0 Å². The zero-order chi connectivity index (χ0) is 12.3. The van der Waals surface area contributed by atoms with Gasteiger partial charge in [0.1, 0.15) is 0 Å². The molecule has 2 aromatic rings. The summed E-state index contributed by atoms with van der Waals surface area (Å²) in [5.41, 5.74) is 7.12. The summed E-state index contributed by atoms with van der Waals surface area (Å²) >= 11 is 1.40. The Morgan fingerprint density at radius 2 is 2.12 bits per heavy atom. The molecule has 0 saturated heterocycles. The molecule has 1 heterocycles. The van der Waals surface area contributed by atoms with Gasteiger partial charge in [0.25, 0.3) is 0 Å². The van der Waals surface area contributed by atoms with Gasteiger partial charge in [-0.05, 0) is 19.1 Å². The first-order chi connectivity index (χ1) is 8.15. The average Bonchev–Trinajstić information content (AvgIpc) is 2.58. The lowest BCUT2D eigenvalue weighted by Crippen LogP contribution is -2.15. The molecule has 1 aromatic heterocycles. The molecule has 0 atom stereocenters. The standard InChI is InChI=1S/C12H13N3OS/c1-8-10(15-12(13)17-8)7-11(16)14-9-5-3-2-4-6-9/h2-6H,7H2,1H3,(H2,13,15)(H,14,16). The second-order valence-electron chi connectivity index (χ2n) is 3.65. The quantitative estimate of drug-likeness (QED) is 0.873. The Balaban J connectivity index is 2.01. The number of thiazole rings is 1. The number of amides is 1. The Labute approximate surface area is 103 Å². The van der Waals surface area contributed by atoms with Gasteiger partial charge in [-0.25, -0.2) is 4.98 Å². The summed E-state index contributed by atoms with van der Waals surface area (Å²) in [5.74, 6) is -0.0791. The number of para-hydroxylation sites is 1. The minimum atomic E-state index is -0.0791. The van der Waals surface area contributed by atoms with Crippen molar-refractivity contribution in [3.8, 4) is 0 Å². The highest BCUT2D eigenvalue weighted by molar-refractivity contribution is 7.15. The van der Waals surface area contributed by atoms with Crippen molar-refractivity contribution in [1.29, 1.82) is 0 Å². The van der Waals surface area contributed by atoms with Gasteiger partial charge in [-0.15, -0.1) is 11.3 Å². The molecule has 0 saturated carbocycles. The van der Waals surface area contributed by atoms with Crippen LogP contribution in [-0.2, 0) is 11.2 Å². The lowest BCUT2D eigenvalue weighted by molar-refractivity contribution is -0.115. The highest BCUT2D eigenvalue weighted by Gasteiger charge is 2.10. The van der Waals surface area contributed by atoms with Crippen molar-refractivity contribution in [2.24, 2.45) is 0 Å². The lowest BCUT2D eigenvalue weighted by atomic mass is 10.2. The second kappa shape index (κ2) is 4.97. The number of aryl methyl sites for hydroxylation is 1. The number of nitrogen functional groups attached to an aromatic ring is 1. The van der Waals surface area contributed by atoms with Gasteiger partial charge in [-0.2, -0.15) is 0 Å². The number of carbonyl (C=O) groups excluding carboxylic acids is 1. The maximum absolute atomic E-state index is 11.8. The third-order valence-corrected chi connectivity index (χ3v) is 3.14. The zero-order valence-corrected chi connectivity index (χ0v) is 10.3. The minimum absolute atomic E-state index is 0.0791. The van der Waals surface area contributed by atoms with Gasteiger partial charge in [0, 0.05) is 10.6 Å². The summed E-state index contributed by atoms with van der Waals surface area (Å²) in [4.78, 5) is 16.9. The van der Waals surface area contributed by atoms with Crippen molar-refractivity contribution < 1.29 is 4.79 Å². The first-order valence-corrected chi connectivity index (χ1v) is 6.03. The lowest BCUT2D eigenvalue weighted by Gasteiger charge is -2.03. The number of hydrogen-bond donors (Lipinski definition) is 2. The second-order valence-corrected chi connectivity index (χ2v) is 4.88. The topological polar surface area (TPSA) is 68.0 Å². The van der Waals surface area contributed by atoms with Crippen LogP contribution in [0.4, 0.5) is 10.8 Å². The molecular weight excluding hydrogens is 234 g/mol. The van der Waals surface area contributed by atoms with Crippen molar-refractivity contribution in [2.45, 2.75) is 13.3 Å². The minimum Gasteiger partial charge on any atom is -0.375 e. The Morgan fingerprint density at radius 1 is 1.41 bits per heavy atom. The monoisotopic (exact) mass is 247 g/mol. The molecule has 1 aromatic carbocycles. The fourth-order valence-corrected chi connectivity index (χ4v) is 2.20. The molecule has 0 aliphatic heterocycles. The molecule has 0 radical (unpaired) electrons. The van der Waals surface area contributed by atoms with Crippen LogP contribution in [0.15, 0.2) is 30.3 Å². The number of benzene rings is 1. The summed E-state index contributed by atoms with van der Waals surface area (Å²) in [6.07, 6.45) is 0.258. The van der Waals surface area contributed by atoms with Crippen LogP contribution < -0.4 is 11.1 Å². The Kier molecular flexibility index (Phi) is 3.39. The van der Waals surface area contributed by atoms with E-state index in [0.29, 0.717) is 5.13 Å². The molecule has 5 heteroatoms. The van der Waals surface area contributed by atoms with Crippen molar-refractivity contribution in [2.75, 3.05) is 11.1 Å². The Morgan fingerprint density at radius 3 is 2.71 bits per heavy atom. The van der Waals surface area contributed by atoms with Crippen LogP contribution in [0, 0.1) is 6.92 Å². The predicted molar refractivity (Wildman–Crippen MR) is 70.0 cm³/mol. The molecule has 17 heavy (non-hydrogen) atoms. The summed E-state index contributed by atoms with van der Waals surface area (Å²) in [6, 6.07) is 9.35. The van der Waals surface area contributed by atoms with E-state index in [1.165, 1.54) is 11.3 Å². The first kappa shape index (κ1) is 11.6. The van der Waals surface area contributed by atoms with E-state index < -0.39 is 0 Å². The maximum atomic E-state index is 11.8. The van der Waals surface area contributed by atoms with Gasteiger partial charge < -0.3 is 11.1 Å². The van der Waals surface area contributed by atoms with Crippen LogP contribution in [-0.4, -0.2) is 10.9 Å². The van der Waals surface area contributed by atoms with E-state index in [1.54, 1.807) is 0 Å². The molecule has 0 fully saturated rings. The number of hydrogen-bond acceptors (Lipinski definition) is 4. The number of carbonyl (C=O) groups is 1. The number of nitrogens with two attached hydrogens (primary N) is 1. The maximum Gasteiger partial charge on any atom is 0.230 e. The molecular formula is C12H13N3OS. The number of nitrogens with zero attached hydrogens (tertiary/aromatic N) is 1. The normalized spacial score (nSPS) is 10.2. The predicted octanol–water partition coefficient (Wildman–Crippen LogP) is 2.21. The molecule has 0 aliphatic carbocycles. The van der Waals surface area contributed by atoms with Crippen molar-refractivity contribution in [3.63, 3.8) is 0 Å². The van der Waals surface area contributed by atoms with E-state index in [2.05, 4.69) is 10.3 Å². The SMILES string of the molecule is Cc1sc(N)nc1CC(=O)Nc1ccccc1. The number of rotatable bonds is 3. The van der Waals surface area contributed by atoms with Gasteiger partial charge in [0.05, 0.1) is 12.1 Å². The van der Waals surface area contributed by atoms with Gasteiger partial charge in [-0.1, -0.05) is 18.2 Å². The van der Waals surface area contributed by atoms with Crippen LogP contribution in [0.3, 0.4) is 0 Å². The van der Waals surface area contributed by atoms with E-state index in [1.807, 2.05) is 37.3 Å². The number of anilines is 2. The van der Waals surface area contributed by atoms with Crippen LogP contribution in [0.2, 0.25) is 0 Å². The van der Waals surface area contributed by atoms with Gasteiger partial charge in [0.15, 0.2) is 5.13 Å². The summed E-state index contributed by atoms with van der Waals surface area (Å²) in [7, 11) is 0. The molecule has 3 N–H and O–H groups in total. The van der Waals surface area contributed by atoms with E-state index in [-0.39, 0.29) is 12.3 Å². The molecule has 4 nitrogen and oxygen atoms in total. The largest absolute Gasteiger partial charge is 0.375 e. The molecule has 0 aliphatic rings. The Hall–Kier alpha value is -1.88. The Bertz CT molecular complexity index is 522. The summed E-state index contributed by atoms with van der Waals surface area (Å²) in [5, 5.41) is 3.32. The molecule has 2 rings (SSSR count). The fourth-order valence-electron chi connectivity index (χ4n) is 1.49. The number of aromatic nitrogens is 1. The molecule has 0 spiro atoms. The van der Waals surface area contributed by atoms with Crippen molar-refractivity contribution in [1.82, 2.24) is 4.98 Å². The van der Waals surface area contributed by atoms with Crippen LogP contribution >= 0.6 is 11.3 Å². The third-order valence-electron chi connectivity index (χ3n) is 2.29. The van der Waals surface area contributed by atoms with E-state index in [9.17, 15) is 4.79 Å². The molecule has 0 unspecified atom stereocenters. The van der Waals surface area contributed by atoms with Crippen LogP contribution in [0.25, 0.3) is 0 Å².